The Kier molecular flexibility index (Phi) is 11.9. The van der Waals surface area contributed by atoms with Crippen LogP contribution in [-0.4, -0.2) is 76.3 Å². The van der Waals surface area contributed by atoms with Crippen LogP contribution in [0.1, 0.15) is 26.7 Å². The highest BCUT2D eigenvalue weighted by atomic mass is 32.1. The van der Waals surface area contributed by atoms with Gasteiger partial charge in [0.1, 0.15) is 18.1 Å². The molecule has 4 unspecified atom stereocenters. The molecule has 0 aliphatic carbocycles. The van der Waals surface area contributed by atoms with Crippen LogP contribution in [0.2, 0.25) is 0 Å². The fourth-order valence-corrected chi connectivity index (χ4v) is 2.39. The standard InChI is InChI=1S/C16H29N5O7S/c1-7(2)12(15(26)19-9(5-22)16(27)28)21-14(25)10(6-29)20-13(24)8(17)3-4-11(18)23/h7-10,12,22,29H,3-6,17H2,1-2H3,(H2,18,23)(H,19,26)(H,20,24)(H,21,25)(H,27,28). The number of carbonyl (C=O) groups is 5. The number of primary amides is 1. The lowest BCUT2D eigenvalue weighted by molar-refractivity contribution is -0.143. The summed E-state index contributed by atoms with van der Waals surface area (Å²) in [5.41, 5.74) is 10.6. The molecule has 0 heterocycles. The SMILES string of the molecule is CC(C)C(NC(=O)C(CS)NC(=O)C(N)CCC(N)=O)C(=O)NC(CO)C(=O)O. The van der Waals surface area contributed by atoms with Crippen molar-refractivity contribution in [2.75, 3.05) is 12.4 Å². The number of nitrogens with one attached hydrogen (secondary N) is 3. The Morgan fingerprint density at radius 3 is 1.93 bits per heavy atom. The van der Waals surface area contributed by atoms with Crippen molar-refractivity contribution >= 4 is 42.2 Å². The molecule has 0 aromatic heterocycles. The molecule has 0 rings (SSSR count). The van der Waals surface area contributed by atoms with Gasteiger partial charge in [-0.2, -0.15) is 12.6 Å². The van der Waals surface area contributed by atoms with E-state index in [1.165, 1.54) is 0 Å². The van der Waals surface area contributed by atoms with Gasteiger partial charge in [-0.05, 0) is 12.3 Å². The van der Waals surface area contributed by atoms with E-state index < -0.39 is 66.3 Å². The highest BCUT2D eigenvalue weighted by Crippen LogP contribution is 2.04. The summed E-state index contributed by atoms with van der Waals surface area (Å²) in [7, 11) is 0. The number of aliphatic carboxylic acids is 1. The van der Waals surface area contributed by atoms with E-state index in [1.807, 2.05) is 0 Å². The van der Waals surface area contributed by atoms with Gasteiger partial charge in [0.15, 0.2) is 0 Å². The predicted octanol–water partition coefficient (Wildman–Crippen LogP) is -3.30. The number of carboxylic acid groups (broad SMARTS) is 1. The molecular weight excluding hydrogens is 406 g/mol. The first-order chi connectivity index (χ1) is 13.4. The Morgan fingerprint density at radius 2 is 1.52 bits per heavy atom. The molecule has 0 saturated heterocycles. The first kappa shape index (κ1) is 26.6. The summed E-state index contributed by atoms with van der Waals surface area (Å²) in [4.78, 5) is 58.6. The second kappa shape index (κ2) is 13.0. The predicted molar refractivity (Wildman–Crippen MR) is 106 cm³/mol. The van der Waals surface area contributed by atoms with Gasteiger partial charge in [0.05, 0.1) is 12.6 Å². The molecule has 4 amide bonds. The second-order valence-electron chi connectivity index (χ2n) is 6.67. The minimum Gasteiger partial charge on any atom is -0.480 e. The number of carboxylic acids is 1. The first-order valence-electron chi connectivity index (χ1n) is 8.84. The number of aliphatic hydroxyl groups is 1. The highest BCUT2D eigenvalue weighted by molar-refractivity contribution is 7.80. The van der Waals surface area contributed by atoms with E-state index in [9.17, 15) is 24.0 Å². The van der Waals surface area contributed by atoms with Crippen molar-refractivity contribution in [1.29, 1.82) is 0 Å². The van der Waals surface area contributed by atoms with Crippen molar-refractivity contribution in [3.63, 3.8) is 0 Å². The van der Waals surface area contributed by atoms with Crippen molar-refractivity contribution < 1.29 is 34.2 Å². The summed E-state index contributed by atoms with van der Waals surface area (Å²) >= 11 is 4.00. The average molecular weight is 436 g/mol. The molecule has 0 spiro atoms. The van der Waals surface area contributed by atoms with E-state index >= 15 is 0 Å². The molecule has 0 saturated carbocycles. The number of aliphatic hydroxyl groups excluding tert-OH is 1. The third-order valence-electron chi connectivity index (χ3n) is 3.90. The van der Waals surface area contributed by atoms with Crippen LogP contribution < -0.4 is 27.4 Å². The van der Waals surface area contributed by atoms with Crippen LogP contribution in [0.5, 0.6) is 0 Å². The van der Waals surface area contributed by atoms with E-state index in [0.717, 1.165) is 0 Å². The lowest BCUT2D eigenvalue weighted by Gasteiger charge is -2.26. The maximum atomic E-state index is 12.5. The number of hydrogen-bond donors (Lipinski definition) is 8. The number of carbonyl (C=O) groups excluding carboxylic acids is 4. The summed E-state index contributed by atoms with van der Waals surface area (Å²) in [6.45, 7) is 2.42. The van der Waals surface area contributed by atoms with Crippen LogP contribution in [0, 0.1) is 5.92 Å². The molecule has 12 nitrogen and oxygen atoms in total. The van der Waals surface area contributed by atoms with E-state index in [2.05, 4.69) is 28.6 Å². The Bertz CT molecular complexity index is 616. The van der Waals surface area contributed by atoms with Gasteiger partial charge >= 0.3 is 5.97 Å². The zero-order valence-corrected chi connectivity index (χ0v) is 17.1. The van der Waals surface area contributed by atoms with Gasteiger partial charge in [-0.15, -0.1) is 0 Å². The minimum atomic E-state index is -1.52. The molecule has 0 aliphatic rings. The Labute approximate surface area is 173 Å². The zero-order chi connectivity index (χ0) is 22.7. The smallest absolute Gasteiger partial charge is 0.328 e. The molecule has 4 atom stereocenters. The van der Waals surface area contributed by atoms with Crippen LogP contribution in [-0.2, 0) is 24.0 Å². The van der Waals surface area contributed by atoms with Crippen LogP contribution in [0.4, 0.5) is 0 Å². The zero-order valence-electron chi connectivity index (χ0n) is 16.3. The molecule has 0 aromatic carbocycles. The van der Waals surface area contributed by atoms with Gasteiger partial charge in [0, 0.05) is 12.2 Å². The highest BCUT2D eigenvalue weighted by Gasteiger charge is 2.31. The van der Waals surface area contributed by atoms with Crippen molar-refractivity contribution in [2.24, 2.45) is 17.4 Å². The van der Waals surface area contributed by atoms with Crippen LogP contribution >= 0.6 is 12.6 Å². The van der Waals surface area contributed by atoms with Gasteiger partial charge < -0.3 is 37.6 Å². The minimum absolute atomic E-state index is 0.00314. The molecule has 29 heavy (non-hydrogen) atoms. The fraction of sp³-hybridized carbons (Fsp3) is 0.688. The maximum absolute atomic E-state index is 12.5. The van der Waals surface area contributed by atoms with Crippen molar-refractivity contribution in [2.45, 2.75) is 50.9 Å². The summed E-state index contributed by atoms with van der Waals surface area (Å²) < 4.78 is 0. The number of amides is 4. The van der Waals surface area contributed by atoms with E-state index in [0.29, 0.717) is 0 Å². The number of nitrogens with two attached hydrogens (primary N) is 2. The first-order valence-corrected chi connectivity index (χ1v) is 9.47. The van der Waals surface area contributed by atoms with Crippen LogP contribution in [0.15, 0.2) is 0 Å². The van der Waals surface area contributed by atoms with Crippen molar-refractivity contribution in [1.82, 2.24) is 16.0 Å². The van der Waals surface area contributed by atoms with Gasteiger partial charge in [0.2, 0.25) is 23.6 Å². The van der Waals surface area contributed by atoms with Crippen molar-refractivity contribution in [3.05, 3.63) is 0 Å². The van der Waals surface area contributed by atoms with Gasteiger partial charge in [-0.1, -0.05) is 13.8 Å². The molecule has 13 heteroatoms. The molecule has 0 bridgehead atoms. The van der Waals surface area contributed by atoms with Gasteiger partial charge in [-0.3, -0.25) is 19.2 Å². The molecule has 0 fully saturated rings. The third kappa shape index (κ3) is 9.58. The fourth-order valence-electron chi connectivity index (χ4n) is 2.14. The summed E-state index contributed by atoms with van der Waals surface area (Å²) in [5.74, 6) is -4.83. The van der Waals surface area contributed by atoms with E-state index in [1.54, 1.807) is 13.8 Å². The largest absolute Gasteiger partial charge is 0.480 e. The second-order valence-corrected chi connectivity index (χ2v) is 7.03. The normalized spacial score (nSPS) is 15.0. The Morgan fingerprint density at radius 1 is 0.966 bits per heavy atom. The quantitative estimate of drug-likeness (QED) is 0.137. The molecule has 0 radical (unpaired) electrons. The molecule has 0 aliphatic heterocycles. The van der Waals surface area contributed by atoms with Crippen LogP contribution in [0.3, 0.4) is 0 Å². The van der Waals surface area contributed by atoms with Gasteiger partial charge in [0.25, 0.3) is 0 Å². The number of thiol groups is 1. The monoisotopic (exact) mass is 435 g/mol. The molecular formula is C16H29N5O7S. The summed E-state index contributed by atoms with van der Waals surface area (Å²) in [5, 5.41) is 24.9. The van der Waals surface area contributed by atoms with Crippen LogP contribution in [0.25, 0.3) is 0 Å². The average Bonchev–Trinajstić information content (AvgIpc) is 2.64. The van der Waals surface area contributed by atoms with E-state index in [4.69, 9.17) is 21.7 Å². The Hall–Kier alpha value is -2.38. The maximum Gasteiger partial charge on any atom is 0.328 e. The molecule has 166 valence electrons. The van der Waals surface area contributed by atoms with Crippen molar-refractivity contribution in [3.8, 4) is 0 Å². The third-order valence-corrected chi connectivity index (χ3v) is 4.26. The summed E-state index contributed by atoms with van der Waals surface area (Å²) in [6, 6.07) is -4.85. The topological polar surface area (TPSA) is 214 Å². The molecule has 0 aromatic rings. The van der Waals surface area contributed by atoms with E-state index in [-0.39, 0.29) is 18.6 Å². The lowest BCUT2D eigenvalue weighted by Crippen LogP contribution is -2.59. The Balaban J connectivity index is 5.04. The summed E-state index contributed by atoms with van der Waals surface area (Å²) in [6.07, 6.45) is -0.103. The lowest BCUT2D eigenvalue weighted by atomic mass is 10.0. The number of rotatable bonds is 13. The van der Waals surface area contributed by atoms with Gasteiger partial charge in [-0.25, -0.2) is 4.79 Å². The number of hydrogen-bond acceptors (Lipinski definition) is 8. The molecule has 9 N–H and O–H groups in total.